The highest BCUT2D eigenvalue weighted by atomic mass is 19.4. The van der Waals surface area contributed by atoms with E-state index in [0.29, 0.717) is 44.5 Å². The summed E-state index contributed by atoms with van der Waals surface area (Å²) in [6.45, 7) is 5.95. The number of halogens is 3. The summed E-state index contributed by atoms with van der Waals surface area (Å²) in [7, 11) is 0. The molecule has 2 fully saturated rings. The molecule has 1 unspecified atom stereocenters. The van der Waals surface area contributed by atoms with E-state index in [9.17, 15) is 18.0 Å². The van der Waals surface area contributed by atoms with Gasteiger partial charge >= 0.3 is 6.18 Å². The van der Waals surface area contributed by atoms with Gasteiger partial charge in [-0.25, -0.2) is 0 Å². The predicted octanol–water partition coefficient (Wildman–Crippen LogP) is 2.73. The molecule has 0 radical (unpaired) electrons. The zero-order chi connectivity index (χ0) is 25.3. The van der Waals surface area contributed by atoms with Gasteiger partial charge in [0, 0.05) is 32.7 Å². The lowest BCUT2D eigenvalue weighted by Gasteiger charge is -2.33. The minimum Gasteiger partial charge on any atom is -0.489 e. The number of piperazine rings is 1. The number of aromatic nitrogens is 4. The Morgan fingerprint density at radius 3 is 2.53 bits per heavy atom. The van der Waals surface area contributed by atoms with Crippen molar-refractivity contribution in [3.05, 3.63) is 47.8 Å². The molecule has 1 amide bonds. The smallest absolute Gasteiger partial charge is 0.453 e. The monoisotopic (exact) mass is 503 g/mol. The van der Waals surface area contributed by atoms with E-state index < -0.39 is 12.0 Å². The molecule has 12 heteroatoms. The Kier molecular flexibility index (Phi) is 6.69. The van der Waals surface area contributed by atoms with Gasteiger partial charge in [0.15, 0.2) is 5.65 Å². The first-order chi connectivity index (χ1) is 17.3. The summed E-state index contributed by atoms with van der Waals surface area (Å²) in [5.41, 5.74) is 1.28. The summed E-state index contributed by atoms with van der Waals surface area (Å²) in [5, 5.41) is 13.8. The normalized spacial score (nSPS) is 18.9. The summed E-state index contributed by atoms with van der Waals surface area (Å²) < 4.78 is 46.4. The summed E-state index contributed by atoms with van der Waals surface area (Å²) in [4.78, 5) is 15.6. The minimum absolute atomic E-state index is 0.0432. The lowest BCUT2D eigenvalue weighted by atomic mass is 9.89. The van der Waals surface area contributed by atoms with Crippen LogP contribution in [-0.2, 0) is 11.0 Å². The zero-order valence-electron chi connectivity index (χ0n) is 19.9. The zero-order valence-corrected chi connectivity index (χ0v) is 19.9. The summed E-state index contributed by atoms with van der Waals surface area (Å²) in [6.07, 6.45) is -2.93. The van der Waals surface area contributed by atoms with Crippen LogP contribution in [0.5, 0.6) is 5.75 Å². The Bertz CT molecular complexity index is 1210. The lowest BCUT2D eigenvalue weighted by molar-refractivity contribution is -0.146. The summed E-state index contributed by atoms with van der Waals surface area (Å²) in [6, 6.07) is 11.3. The maximum Gasteiger partial charge on any atom is 0.453 e. The number of carbonyl (C=O) groups excluding carboxylic acids is 1. The third kappa shape index (κ3) is 5.38. The summed E-state index contributed by atoms with van der Waals surface area (Å²) >= 11 is 0. The topological polar surface area (TPSA) is 87.9 Å². The molecular formula is C24H28F3N7O2. The lowest BCUT2D eigenvalue weighted by Crippen LogP contribution is -2.50. The number of carbonyl (C=O) groups is 1. The number of hydrogen-bond acceptors (Lipinski definition) is 7. The number of nitrogens with zero attached hydrogens (tertiary/aromatic N) is 6. The van der Waals surface area contributed by atoms with Crippen molar-refractivity contribution in [1.29, 1.82) is 0 Å². The van der Waals surface area contributed by atoms with Crippen LogP contribution in [0.3, 0.4) is 0 Å². The molecular weight excluding hydrogens is 475 g/mol. The molecule has 0 aliphatic carbocycles. The number of fused-ring (bicyclic) bond motifs is 1. The van der Waals surface area contributed by atoms with Crippen LogP contribution in [0.2, 0.25) is 0 Å². The maximum absolute atomic E-state index is 13.2. The van der Waals surface area contributed by atoms with Gasteiger partial charge in [-0.1, -0.05) is 12.1 Å². The number of alkyl halides is 3. The second-order valence-corrected chi connectivity index (χ2v) is 9.33. The van der Waals surface area contributed by atoms with Gasteiger partial charge in [0.25, 0.3) is 5.82 Å². The first kappa shape index (κ1) is 24.3. The minimum atomic E-state index is -4.62. The van der Waals surface area contributed by atoms with Gasteiger partial charge < -0.3 is 15.0 Å². The number of rotatable bonds is 6. The van der Waals surface area contributed by atoms with E-state index in [1.54, 1.807) is 6.07 Å². The number of hydrogen-bond donors (Lipinski definition) is 1. The van der Waals surface area contributed by atoms with Crippen molar-refractivity contribution in [2.24, 2.45) is 0 Å². The SMILES string of the molecule is CC(CN1CCNC(=O)C1)Oc1ccc(C2CCN(c3ccc4nnc(C(F)(F)F)n4n3)CC2)cc1. The van der Waals surface area contributed by atoms with Gasteiger partial charge in [0.2, 0.25) is 5.91 Å². The molecule has 192 valence electrons. The van der Waals surface area contributed by atoms with Crippen molar-refractivity contribution < 1.29 is 22.7 Å². The van der Waals surface area contributed by atoms with Gasteiger partial charge in [-0.05, 0) is 55.5 Å². The van der Waals surface area contributed by atoms with Crippen LogP contribution in [0.4, 0.5) is 19.0 Å². The van der Waals surface area contributed by atoms with Crippen LogP contribution in [-0.4, -0.2) is 76.0 Å². The van der Waals surface area contributed by atoms with Crippen molar-refractivity contribution in [3.8, 4) is 5.75 Å². The molecule has 36 heavy (non-hydrogen) atoms. The van der Waals surface area contributed by atoms with Crippen LogP contribution >= 0.6 is 0 Å². The third-order valence-electron chi connectivity index (χ3n) is 6.64. The average molecular weight is 504 g/mol. The van der Waals surface area contributed by atoms with Crippen molar-refractivity contribution in [2.75, 3.05) is 44.2 Å². The van der Waals surface area contributed by atoms with Crippen LogP contribution in [0.25, 0.3) is 5.65 Å². The number of amides is 1. The van der Waals surface area contributed by atoms with Crippen LogP contribution in [0, 0.1) is 0 Å². The molecule has 1 N–H and O–H groups in total. The molecule has 2 aromatic heterocycles. The molecule has 1 atom stereocenters. The quantitative estimate of drug-likeness (QED) is 0.554. The van der Waals surface area contributed by atoms with Gasteiger partial charge in [-0.15, -0.1) is 15.3 Å². The molecule has 4 heterocycles. The van der Waals surface area contributed by atoms with Crippen molar-refractivity contribution in [3.63, 3.8) is 0 Å². The van der Waals surface area contributed by atoms with Gasteiger partial charge in [0.1, 0.15) is 17.7 Å². The van der Waals surface area contributed by atoms with Crippen LogP contribution in [0.1, 0.15) is 37.1 Å². The molecule has 2 aliphatic heterocycles. The third-order valence-corrected chi connectivity index (χ3v) is 6.64. The Morgan fingerprint density at radius 2 is 1.83 bits per heavy atom. The number of benzene rings is 1. The maximum atomic E-state index is 13.2. The van der Waals surface area contributed by atoms with E-state index in [0.717, 1.165) is 29.7 Å². The van der Waals surface area contributed by atoms with Crippen molar-refractivity contribution >= 4 is 17.4 Å². The van der Waals surface area contributed by atoms with Crippen molar-refractivity contribution in [2.45, 2.75) is 38.0 Å². The van der Waals surface area contributed by atoms with E-state index in [4.69, 9.17) is 4.74 Å². The highest BCUT2D eigenvalue weighted by Crippen LogP contribution is 2.32. The largest absolute Gasteiger partial charge is 0.489 e. The number of piperidine rings is 1. The molecule has 9 nitrogen and oxygen atoms in total. The molecule has 0 bridgehead atoms. The first-order valence-electron chi connectivity index (χ1n) is 12.1. The molecule has 2 aliphatic rings. The van der Waals surface area contributed by atoms with E-state index in [2.05, 4.69) is 37.6 Å². The average Bonchev–Trinajstić information content (AvgIpc) is 3.29. The Balaban J connectivity index is 1.16. The van der Waals surface area contributed by atoms with Crippen molar-refractivity contribution in [1.82, 2.24) is 30.0 Å². The summed E-state index contributed by atoms with van der Waals surface area (Å²) in [5.74, 6) is 0.550. The van der Waals surface area contributed by atoms with Gasteiger partial charge in [-0.3, -0.25) is 9.69 Å². The molecule has 3 aromatic rings. The fourth-order valence-corrected chi connectivity index (χ4v) is 4.87. The molecule has 0 saturated carbocycles. The number of ether oxygens (including phenoxy) is 1. The highest BCUT2D eigenvalue weighted by Gasteiger charge is 2.38. The predicted molar refractivity (Wildman–Crippen MR) is 126 cm³/mol. The second kappa shape index (κ2) is 9.92. The second-order valence-electron chi connectivity index (χ2n) is 9.33. The van der Waals surface area contributed by atoms with Crippen LogP contribution < -0.4 is 15.0 Å². The Hall–Kier alpha value is -3.41. The number of anilines is 1. The first-order valence-corrected chi connectivity index (χ1v) is 12.1. The molecule has 5 rings (SSSR count). The van der Waals surface area contributed by atoms with Gasteiger partial charge in [-0.2, -0.15) is 17.7 Å². The van der Waals surface area contributed by atoms with E-state index in [-0.39, 0.29) is 17.7 Å². The number of nitrogens with one attached hydrogen (secondary N) is 1. The van der Waals surface area contributed by atoms with Gasteiger partial charge in [0.05, 0.1) is 6.54 Å². The molecule has 2 saturated heterocycles. The van der Waals surface area contributed by atoms with E-state index in [1.165, 1.54) is 11.6 Å². The standard InChI is InChI=1S/C24H28F3N7O2/c1-16(14-32-13-10-28-22(35)15-32)36-19-4-2-17(3-5-19)18-8-11-33(12-9-18)21-7-6-20-29-30-23(24(25,26)27)34(20)31-21/h2-7,16,18H,8-15H2,1H3,(H,28,35). The van der Waals surface area contributed by atoms with Crippen LogP contribution in [0.15, 0.2) is 36.4 Å². The highest BCUT2D eigenvalue weighted by molar-refractivity contribution is 5.78. The fourth-order valence-electron chi connectivity index (χ4n) is 4.87. The van der Waals surface area contributed by atoms with E-state index >= 15 is 0 Å². The molecule has 1 aromatic carbocycles. The Morgan fingerprint density at radius 1 is 1.08 bits per heavy atom. The van der Waals surface area contributed by atoms with E-state index in [1.807, 2.05) is 24.0 Å². The Labute approximate surface area is 206 Å². The molecule has 0 spiro atoms. The fraction of sp³-hybridized carbons (Fsp3) is 0.500.